The van der Waals surface area contributed by atoms with Gasteiger partial charge >= 0.3 is 0 Å². The summed E-state index contributed by atoms with van der Waals surface area (Å²) in [5, 5.41) is 8.38. The normalized spacial score (nSPS) is 8.53. The summed E-state index contributed by atoms with van der Waals surface area (Å²) in [7, 11) is 0. The number of hydrogen-bond donors (Lipinski definition) is 1. The smallest absolute Gasteiger partial charge is 0.00366 e. The van der Waals surface area contributed by atoms with Crippen molar-refractivity contribution in [2.24, 2.45) is 0 Å². The molecule has 2 rings (SSSR count). The Balaban J connectivity index is 0.000000337. The third-order valence-corrected chi connectivity index (χ3v) is 1.88. The van der Waals surface area contributed by atoms with Crippen molar-refractivity contribution in [2.45, 2.75) is 0 Å². The molecule has 76 valence electrons. The maximum absolute atomic E-state index is 8.12. The van der Waals surface area contributed by atoms with Crippen LogP contribution in [0.4, 0.5) is 0 Å². The van der Waals surface area contributed by atoms with Gasteiger partial charge in [0.05, 0.1) is 0 Å². The summed E-state index contributed by atoms with van der Waals surface area (Å²) in [6.45, 7) is 0. The van der Waals surface area contributed by atoms with Crippen LogP contribution in [0.25, 0.3) is 11.1 Å². The molecule has 15 heavy (non-hydrogen) atoms. The molecule has 3 heteroatoms. The Labute approximate surface area is 87.9 Å². The van der Waals surface area contributed by atoms with Crippen molar-refractivity contribution >= 4 is 0 Å². The fourth-order valence-electron chi connectivity index (χ4n) is 1.26. The zero-order valence-corrected chi connectivity index (χ0v) is 8.09. The van der Waals surface area contributed by atoms with Crippen LogP contribution in [0, 0.1) is 10.1 Å². The third-order valence-electron chi connectivity index (χ3n) is 1.88. The van der Waals surface area contributed by atoms with Crippen LogP contribution in [-0.4, -0.2) is 0 Å². The van der Waals surface area contributed by atoms with Gasteiger partial charge in [-0.1, -0.05) is 60.7 Å². The summed E-state index contributed by atoms with van der Waals surface area (Å²) in [4.78, 5) is 8.12. The van der Waals surface area contributed by atoms with Crippen molar-refractivity contribution in [2.75, 3.05) is 0 Å². The standard InChI is InChI=1S/C12H10.HNO2/c1-3-7-11(8-4-1)12-9-5-2-6-10-12;2-1-3/h1-10H;1H. The van der Waals surface area contributed by atoms with Crippen LogP contribution in [0.1, 0.15) is 0 Å². The molecule has 0 aliphatic carbocycles. The van der Waals surface area contributed by atoms with Crippen LogP contribution in [0.2, 0.25) is 0 Å². The van der Waals surface area contributed by atoms with Gasteiger partial charge in [-0.05, 0) is 11.1 Å². The second-order valence-corrected chi connectivity index (χ2v) is 2.82. The van der Waals surface area contributed by atoms with Crippen molar-refractivity contribution in [3.63, 3.8) is 0 Å². The maximum atomic E-state index is 8.12. The Morgan fingerprint density at radius 3 is 1.27 bits per heavy atom. The molecule has 0 saturated carbocycles. The molecule has 0 spiro atoms. The van der Waals surface area contributed by atoms with E-state index in [1.807, 2.05) is 12.1 Å². The van der Waals surface area contributed by atoms with Crippen molar-refractivity contribution < 1.29 is 5.34 Å². The molecule has 2 aromatic carbocycles. The first-order chi connectivity index (χ1) is 7.38. The summed E-state index contributed by atoms with van der Waals surface area (Å²) in [6.07, 6.45) is 0. The lowest BCUT2D eigenvalue weighted by Gasteiger charge is -1.98. The highest BCUT2D eigenvalue weighted by molar-refractivity contribution is 5.62. The summed E-state index contributed by atoms with van der Waals surface area (Å²) in [5.74, 6) is 0. The van der Waals surface area contributed by atoms with Crippen LogP contribution in [-0.2, 0) is 0 Å². The van der Waals surface area contributed by atoms with Gasteiger partial charge in [-0.15, -0.1) is 0 Å². The van der Waals surface area contributed by atoms with Crippen LogP contribution in [0.15, 0.2) is 60.7 Å². The maximum Gasteiger partial charge on any atom is 0.00366 e. The van der Waals surface area contributed by atoms with Crippen molar-refractivity contribution in [3.05, 3.63) is 70.8 Å². The van der Waals surface area contributed by atoms with Crippen LogP contribution in [0.3, 0.4) is 0 Å². The Kier molecular flexibility index (Phi) is 4.60. The minimum absolute atomic E-state index is 0.250. The van der Waals surface area contributed by atoms with Gasteiger partial charge in [-0.2, -0.15) is 0 Å². The Bertz CT molecular complexity index is 349. The molecule has 0 aliphatic rings. The Morgan fingerprint density at radius 2 is 1.00 bits per heavy atom. The minimum atomic E-state index is 0.250. The summed E-state index contributed by atoms with van der Waals surface area (Å²) >= 11 is 0. The first-order valence-corrected chi connectivity index (χ1v) is 4.48. The van der Waals surface area contributed by atoms with Gasteiger partial charge in [0.15, 0.2) is 0 Å². The second-order valence-electron chi connectivity index (χ2n) is 2.82. The van der Waals surface area contributed by atoms with Gasteiger partial charge in [-0.25, -0.2) is 0 Å². The van der Waals surface area contributed by atoms with E-state index in [1.54, 1.807) is 0 Å². The number of rotatable bonds is 1. The van der Waals surface area contributed by atoms with Gasteiger partial charge in [0.1, 0.15) is 0 Å². The lowest BCUT2D eigenvalue weighted by atomic mass is 10.1. The van der Waals surface area contributed by atoms with E-state index < -0.39 is 0 Å². The largest absolute Gasteiger partial charge is 0.267 e. The predicted molar refractivity (Wildman–Crippen MR) is 59.6 cm³/mol. The Morgan fingerprint density at radius 1 is 0.733 bits per heavy atom. The molecule has 0 bridgehead atoms. The third kappa shape index (κ3) is 3.60. The van der Waals surface area contributed by atoms with E-state index >= 15 is 0 Å². The van der Waals surface area contributed by atoms with E-state index in [9.17, 15) is 0 Å². The average molecular weight is 201 g/mol. The molecule has 0 radical (unpaired) electrons. The highest BCUT2D eigenvalue weighted by Crippen LogP contribution is 2.17. The van der Waals surface area contributed by atoms with E-state index in [0.717, 1.165) is 0 Å². The molecule has 0 saturated heterocycles. The Hall–Kier alpha value is -2.16. The zero-order chi connectivity index (χ0) is 10.9. The van der Waals surface area contributed by atoms with E-state index in [4.69, 9.17) is 10.1 Å². The van der Waals surface area contributed by atoms with Gasteiger partial charge in [0, 0.05) is 5.34 Å². The molecule has 0 fully saturated rings. The van der Waals surface area contributed by atoms with E-state index in [2.05, 4.69) is 48.5 Å². The SMILES string of the molecule is O=[NH+][O-].c1ccc(-c2ccccc2)cc1. The summed E-state index contributed by atoms with van der Waals surface area (Å²) in [6, 6.07) is 20.8. The molecule has 0 aromatic heterocycles. The van der Waals surface area contributed by atoms with E-state index in [1.165, 1.54) is 11.1 Å². The quantitative estimate of drug-likeness (QED) is 0.563. The van der Waals surface area contributed by atoms with Gasteiger partial charge in [-0.3, -0.25) is 10.1 Å². The number of nitrogens with one attached hydrogen (secondary N) is 1. The number of benzene rings is 2. The van der Waals surface area contributed by atoms with Crippen molar-refractivity contribution in [1.29, 1.82) is 0 Å². The summed E-state index contributed by atoms with van der Waals surface area (Å²) < 4.78 is 0. The molecular formula is C12H11NO2. The molecule has 0 heterocycles. The fraction of sp³-hybridized carbons (Fsp3) is 0. The average Bonchev–Trinajstić information content (AvgIpc) is 2.32. The van der Waals surface area contributed by atoms with Gasteiger partial charge in [0.25, 0.3) is 0 Å². The van der Waals surface area contributed by atoms with Gasteiger partial charge < -0.3 is 0 Å². The van der Waals surface area contributed by atoms with E-state index in [-0.39, 0.29) is 5.34 Å². The lowest BCUT2D eigenvalue weighted by Crippen LogP contribution is -2.53. The molecule has 1 N–H and O–H groups in total. The molecule has 0 unspecified atom stereocenters. The second kappa shape index (κ2) is 6.32. The summed E-state index contributed by atoms with van der Waals surface area (Å²) in [5.41, 5.74) is 2.55. The fourth-order valence-corrected chi connectivity index (χ4v) is 1.26. The van der Waals surface area contributed by atoms with Gasteiger partial charge in [0.2, 0.25) is 0 Å². The topological polar surface area (TPSA) is 54.1 Å². The zero-order valence-electron chi connectivity index (χ0n) is 8.09. The highest BCUT2D eigenvalue weighted by Gasteiger charge is 1.91. The highest BCUT2D eigenvalue weighted by atomic mass is 16.6. The molecule has 2 aromatic rings. The minimum Gasteiger partial charge on any atom is -0.267 e. The molecule has 0 atom stereocenters. The molecule has 0 aliphatic heterocycles. The first-order valence-electron chi connectivity index (χ1n) is 4.48. The monoisotopic (exact) mass is 201 g/mol. The number of hydrogen-bond acceptors (Lipinski definition) is 2. The molecule has 3 nitrogen and oxygen atoms in total. The molecular weight excluding hydrogens is 190 g/mol. The predicted octanol–water partition coefficient (Wildman–Crippen LogP) is 1.68. The molecule has 0 amide bonds. The first kappa shape index (κ1) is 10.9. The van der Waals surface area contributed by atoms with Crippen LogP contribution >= 0.6 is 0 Å². The van der Waals surface area contributed by atoms with Crippen molar-refractivity contribution in [3.8, 4) is 11.1 Å². The van der Waals surface area contributed by atoms with E-state index in [0.29, 0.717) is 0 Å². The van der Waals surface area contributed by atoms with Crippen molar-refractivity contribution in [1.82, 2.24) is 0 Å². The van der Waals surface area contributed by atoms with Crippen LogP contribution in [0.5, 0.6) is 0 Å². The van der Waals surface area contributed by atoms with Crippen LogP contribution < -0.4 is 5.34 Å². The lowest BCUT2D eigenvalue weighted by molar-refractivity contribution is -0.398.